The van der Waals surface area contributed by atoms with Gasteiger partial charge in [0, 0.05) is 23.3 Å². The number of hydrogen-bond donors (Lipinski definition) is 0. The van der Waals surface area contributed by atoms with E-state index in [2.05, 4.69) is 4.98 Å². The van der Waals surface area contributed by atoms with Crippen molar-refractivity contribution in [3.8, 4) is 22.5 Å². The Morgan fingerprint density at radius 3 is 1.48 bits per heavy atom. The van der Waals surface area contributed by atoms with Crippen LogP contribution in [-0.4, -0.2) is 4.98 Å². The van der Waals surface area contributed by atoms with Gasteiger partial charge in [-0.15, -0.1) is 0 Å². The number of hydrogen-bond acceptors (Lipinski definition) is 1. The van der Waals surface area contributed by atoms with E-state index in [0.717, 1.165) is 24.3 Å². The van der Waals surface area contributed by atoms with E-state index in [4.69, 9.17) is 0 Å². The lowest BCUT2D eigenvalue weighted by molar-refractivity contribution is 0.510. The third kappa shape index (κ3) is 2.79. The predicted octanol–water partition coefficient (Wildman–Crippen LogP) is 5.11. The Morgan fingerprint density at radius 2 is 1.04 bits per heavy atom. The second-order valence-electron chi connectivity index (χ2n) is 4.76. The molecule has 116 valence electrons. The molecule has 0 N–H and O–H groups in total. The van der Waals surface area contributed by atoms with E-state index in [-0.39, 0.29) is 22.5 Å². The van der Waals surface area contributed by atoms with Crippen molar-refractivity contribution < 1.29 is 22.0 Å². The van der Waals surface area contributed by atoms with Crippen LogP contribution in [0.25, 0.3) is 22.5 Å². The molecule has 0 bridgehead atoms. The van der Waals surface area contributed by atoms with Gasteiger partial charge in [0.1, 0.15) is 5.82 Å². The minimum absolute atomic E-state index is 0.222. The number of pyridine rings is 1. The zero-order valence-corrected chi connectivity index (χ0v) is 11.5. The van der Waals surface area contributed by atoms with Crippen LogP contribution in [0.1, 0.15) is 0 Å². The molecule has 0 fully saturated rings. The molecule has 0 aliphatic carbocycles. The first-order chi connectivity index (χ1) is 11.0. The number of aromatic nitrogens is 1. The van der Waals surface area contributed by atoms with Gasteiger partial charge in [0.25, 0.3) is 0 Å². The summed E-state index contributed by atoms with van der Waals surface area (Å²) in [6, 6.07) is 8.50. The maximum atomic E-state index is 13.8. The summed E-state index contributed by atoms with van der Waals surface area (Å²) in [5.41, 5.74) is -0.994. The van der Waals surface area contributed by atoms with Gasteiger partial charge in [-0.1, -0.05) is 12.1 Å². The highest BCUT2D eigenvalue weighted by atomic mass is 19.2. The fourth-order valence-electron chi connectivity index (χ4n) is 2.18. The Kier molecular flexibility index (Phi) is 3.82. The van der Waals surface area contributed by atoms with Crippen molar-refractivity contribution in [2.24, 2.45) is 0 Å². The normalized spacial score (nSPS) is 10.8. The highest BCUT2D eigenvalue weighted by molar-refractivity contribution is 5.67. The monoisotopic (exact) mass is 321 g/mol. The summed E-state index contributed by atoms with van der Waals surface area (Å²) >= 11 is 0. The molecule has 0 aliphatic rings. The van der Waals surface area contributed by atoms with E-state index in [1.54, 1.807) is 0 Å². The van der Waals surface area contributed by atoms with Gasteiger partial charge in [-0.05, 0) is 24.3 Å². The van der Waals surface area contributed by atoms with Gasteiger partial charge in [0.15, 0.2) is 23.3 Å². The fraction of sp³-hybridized carbons (Fsp3) is 0. The summed E-state index contributed by atoms with van der Waals surface area (Å²) in [5, 5.41) is 0. The molecular weight excluding hydrogens is 313 g/mol. The Labute approximate surface area is 128 Å². The van der Waals surface area contributed by atoms with Crippen LogP contribution < -0.4 is 0 Å². The van der Waals surface area contributed by atoms with Gasteiger partial charge < -0.3 is 0 Å². The van der Waals surface area contributed by atoms with E-state index < -0.39 is 29.1 Å². The number of benzene rings is 2. The lowest BCUT2D eigenvalue weighted by Crippen LogP contribution is -1.97. The first-order valence-corrected chi connectivity index (χ1v) is 6.53. The predicted molar refractivity (Wildman–Crippen MR) is 74.9 cm³/mol. The second-order valence-corrected chi connectivity index (χ2v) is 4.76. The van der Waals surface area contributed by atoms with Crippen LogP contribution in [0.15, 0.2) is 48.5 Å². The second kappa shape index (κ2) is 5.79. The van der Waals surface area contributed by atoms with E-state index in [1.807, 2.05) is 0 Å². The van der Waals surface area contributed by atoms with Crippen molar-refractivity contribution in [2.45, 2.75) is 0 Å². The third-order valence-electron chi connectivity index (χ3n) is 3.25. The molecule has 2 aromatic carbocycles. The molecule has 1 aromatic heterocycles. The molecule has 0 spiro atoms. The topological polar surface area (TPSA) is 12.9 Å². The minimum Gasteiger partial charge on any atom is -0.247 e. The van der Waals surface area contributed by atoms with Crippen LogP contribution in [0.2, 0.25) is 0 Å². The molecule has 0 radical (unpaired) electrons. The smallest absolute Gasteiger partial charge is 0.168 e. The fourth-order valence-corrected chi connectivity index (χ4v) is 2.18. The number of halogens is 5. The molecule has 23 heavy (non-hydrogen) atoms. The van der Waals surface area contributed by atoms with Crippen molar-refractivity contribution in [1.29, 1.82) is 0 Å². The quantitative estimate of drug-likeness (QED) is 0.598. The Bertz CT molecular complexity index is 822. The first-order valence-electron chi connectivity index (χ1n) is 6.53. The van der Waals surface area contributed by atoms with E-state index in [9.17, 15) is 22.0 Å². The van der Waals surface area contributed by atoms with E-state index in [0.29, 0.717) is 0 Å². The Balaban J connectivity index is 2.21. The highest BCUT2D eigenvalue weighted by Gasteiger charge is 2.16. The third-order valence-corrected chi connectivity index (χ3v) is 3.25. The van der Waals surface area contributed by atoms with Crippen molar-refractivity contribution in [3.63, 3.8) is 0 Å². The molecule has 1 nitrogen and oxygen atoms in total. The van der Waals surface area contributed by atoms with Gasteiger partial charge in [0.05, 0.1) is 11.4 Å². The average Bonchev–Trinajstić information content (AvgIpc) is 2.52. The summed E-state index contributed by atoms with van der Waals surface area (Å²) in [4.78, 5) is 3.92. The van der Waals surface area contributed by atoms with E-state index >= 15 is 0 Å². The first kappa shape index (κ1) is 15.1. The molecule has 0 saturated heterocycles. The van der Waals surface area contributed by atoms with Crippen LogP contribution in [0, 0.1) is 29.1 Å². The molecule has 6 heteroatoms. The Hall–Kier alpha value is -2.76. The summed E-state index contributed by atoms with van der Waals surface area (Å²) in [7, 11) is 0. The highest BCUT2D eigenvalue weighted by Crippen LogP contribution is 2.28. The van der Waals surface area contributed by atoms with Crippen molar-refractivity contribution in [1.82, 2.24) is 4.98 Å². The zero-order chi connectivity index (χ0) is 16.6. The van der Waals surface area contributed by atoms with Crippen LogP contribution in [-0.2, 0) is 0 Å². The molecule has 1 heterocycles. The van der Waals surface area contributed by atoms with Crippen molar-refractivity contribution >= 4 is 0 Å². The molecule has 3 rings (SSSR count). The molecular formula is C17H8F5N. The number of rotatable bonds is 2. The van der Waals surface area contributed by atoms with Crippen LogP contribution in [0.5, 0.6) is 0 Å². The summed E-state index contributed by atoms with van der Waals surface area (Å²) in [6.07, 6.45) is 0. The molecule has 0 amide bonds. The lowest BCUT2D eigenvalue weighted by Gasteiger charge is -2.08. The van der Waals surface area contributed by atoms with Crippen molar-refractivity contribution in [3.05, 3.63) is 77.6 Å². The van der Waals surface area contributed by atoms with Crippen molar-refractivity contribution in [2.75, 3.05) is 0 Å². The van der Waals surface area contributed by atoms with Gasteiger partial charge >= 0.3 is 0 Å². The minimum atomic E-state index is -1.20. The summed E-state index contributed by atoms with van der Waals surface area (Å²) < 4.78 is 68.0. The lowest BCUT2D eigenvalue weighted by atomic mass is 10.1. The Morgan fingerprint density at radius 1 is 0.609 bits per heavy atom. The maximum Gasteiger partial charge on any atom is 0.168 e. The summed E-state index contributed by atoms with van der Waals surface area (Å²) in [6.45, 7) is 0. The molecule has 0 saturated carbocycles. The average molecular weight is 321 g/mol. The van der Waals surface area contributed by atoms with Gasteiger partial charge in [0.2, 0.25) is 0 Å². The molecule has 0 aliphatic heterocycles. The van der Waals surface area contributed by atoms with Crippen LogP contribution in [0.3, 0.4) is 0 Å². The van der Waals surface area contributed by atoms with Gasteiger partial charge in [-0.3, -0.25) is 0 Å². The van der Waals surface area contributed by atoms with Gasteiger partial charge in [-0.25, -0.2) is 26.9 Å². The van der Waals surface area contributed by atoms with E-state index in [1.165, 1.54) is 24.3 Å². The van der Waals surface area contributed by atoms with Gasteiger partial charge in [-0.2, -0.15) is 0 Å². The van der Waals surface area contributed by atoms with Crippen LogP contribution in [0.4, 0.5) is 22.0 Å². The van der Waals surface area contributed by atoms with Crippen LogP contribution >= 0.6 is 0 Å². The molecule has 3 aromatic rings. The maximum absolute atomic E-state index is 13.8. The molecule has 0 atom stereocenters. The standard InChI is InChI=1S/C17H8F5N/c18-9-7-14(10-3-1-5-12(19)16(10)21)23-15(8-9)11-4-2-6-13(20)17(11)22/h1-8H. The summed E-state index contributed by atoms with van der Waals surface area (Å²) in [5.74, 6) is -5.47. The molecule has 0 unspecified atom stereocenters. The SMILES string of the molecule is Fc1cc(-c2cccc(F)c2F)nc(-c2cccc(F)c2F)c1. The largest absolute Gasteiger partial charge is 0.247 e. The zero-order valence-electron chi connectivity index (χ0n) is 11.5. The number of nitrogens with zero attached hydrogens (tertiary/aromatic N) is 1.